The molecule has 176 valence electrons. The highest BCUT2D eigenvalue weighted by molar-refractivity contribution is 7.97. The molecule has 0 saturated heterocycles. The van der Waals surface area contributed by atoms with Gasteiger partial charge in [0, 0.05) is 17.6 Å². The van der Waals surface area contributed by atoms with Crippen molar-refractivity contribution in [2.24, 2.45) is 0 Å². The van der Waals surface area contributed by atoms with E-state index >= 15 is 0 Å². The van der Waals surface area contributed by atoms with Gasteiger partial charge in [-0.3, -0.25) is 13.9 Å². The van der Waals surface area contributed by atoms with Gasteiger partial charge in [-0.2, -0.15) is 0 Å². The molecule has 2 N–H and O–H groups in total. The van der Waals surface area contributed by atoms with E-state index < -0.39 is 15.8 Å². The van der Waals surface area contributed by atoms with Crippen LogP contribution in [0, 0.1) is 0 Å². The number of carbonyl (C=O) groups is 2. The van der Waals surface area contributed by atoms with Gasteiger partial charge in [-0.1, -0.05) is 30.3 Å². The van der Waals surface area contributed by atoms with Gasteiger partial charge in [0.1, 0.15) is 4.88 Å². The van der Waals surface area contributed by atoms with E-state index in [4.69, 9.17) is 4.42 Å². The summed E-state index contributed by atoms with van der Waals surface area (Å²) in [6.07, 6.45) is 2.63. The second kappa shape index (κ2) is 9.24. The Morgan fingerprint density at radius 2 is 1.71 bits per heavy atom. The maximum Gasteiger partial charge on any atom is 0.291 e. The number of nitrogens with one attached hydrogen (secondary N) is 2. The Labute approximate surface area is 205 Å². The summed E-state index contributed by atoms with van der Waals surface area (Å²) in [6.45, 7) is 0.113. The van der Waals surface area contributed by atoms with Crippen molar-refractivity contribution in [3.8, 4) is 0 Å². The van der Waals surface area contributed by atoms with Crippen molar-refractivity contribution in [2.75, 3.05) is 14.9 Å². The summed E-state index contributed by atoms with van der Waals surface area (Å²) in [6, 6.07) is 20.7. The van der Waals surface area contributed by atoms with Gasteiger partial charge in [-0.25, -0.2) is 8.42 Å². The van der Waals surface area contributed by atoms with Crippen molar-refractivity contribution >= 4 is 50.1 Å². The molecule has 2 aromatic carbocycles. The van der Waals surface area contributed by atoms with Crippen LogP contribution in [0.4, 0.5) is 17.1 Å². The third-order valence-electron chi connectivity index (χ3n) is 5.34. The Hall–Kier alpha value is -4.15. The molecule has 0 bridgehead atoms. The molecular weight excluding hydrogens is 486 g/mol. The fourth-order valence-corrected chi connectivity index (χ4v) is 6.09. The Kier molecular flexibility index (Phi) is 5.98. The number of ketones is 1. The molecule has 0 unspecified atom stereocenters. The van der Waals surface area contributed by atoms with Gasteiger partial charge in [-0.05, 0) is 53.4 Å². The number of Topliss-reactive ketones (excluding diaryl/α,β-unsaturated/α-hetero) is 1. The summed E-state index contributed by atoms with van der Waals surface area (Å²) in [5.41, 5.74) is 2.27. The molecule has 2 aromatic heterocycles. The monoisotopic (exact) mass is 505 g/mol. The number of thiophene rings is 1. The van der Waals surface area contributed by atoms with Crippen LogP contribution >= 0.6 is 11.3 Å². The van der Waals surface area contributed by atoms with E-state index in [-0.39, 0.29) is 23.1 Å². The molecule has 1 aliphatic rings. The summed E-state index contributed by atoms with van der Waals surface area (Å²) < 4.78 is 33.2. The molecule has 8 nitrogen and oxygen atoms in total. The van der Waals surface area contributed by atoms with E-state index in [1.165, 1.54) is 28.1 Å². The smallest absolute Gasteiger partial charge is 0.291 e. The number of amides is 1. The van der Waals surface area contributed by atoms with Crippen LogP contribution in [0.15, 0.2) is 100.0 Å². The molecule has 3 heterocycles. The lowest BCUT2D eigenvalue weighted by Gasteiger charge is -2.29. The number of hydrogen-bond donors (Lipinski definition) is 2. The lowest BCUT2D eigenvalue weighted by Crippen LogP contribution is -2.38. The maximum absolute atomic E-state index is 13.4. The van der Waals surface area contributed by atoms with Gasteiger partial charge in [-0.15, -0.1) is 11.3 Å². The first kappa shape index (κ1) is 22.6. The van der Waals surface area contributed by atoms with Crippen molar-refractivity contribution in [3.63, 3.8) is 0 Å². The van der Waals surface area contributed by atoms with Gasteiger partial charge in [0.05, 0.1) is 18.5 Å². The number of allylic oxidation sites excluding steroid dienone is 1. The van der Waals surface area contributed by atoms with Gasteiger partial charge in [0.15, 0.2) is 10.7 Å². The average Bonchev–Trinajstić information content (AvgIpc) is 3.56. The third kappa shape index (κ3) is 4.48. The molecule has 35 heavy (non-hydrogen) atoms. The second-order valence-corrected chi connectivity index (χ2v) is 10.4. The summed E-state index contributed by atoms with van der Waals surface area (Å²) in [5, 5.41) is 7.31. The first-order valence-corrected chi connectivity index (χ1v) is 12.9. The van der Waals surface area contributed by atoms with Crippen molar-refractivity contribution in [3.05, 3.63) is 112 Å². The van der Waals surface area contributed by atoms with Crippen molar-refractivity contribution in [1.82, 2.24) is 0 Å². The highest BCUT2D eigenvalue weighted by Gasteiger charge is 2.41. The van der Waals surface area contributed by atoms with Crippen LogP contribution in [0.5, 0.6) is 0 Å². The molecule has 1 amide bonds. The van der Waals surface area contributed by atoms with Crippen LogP contribution in [0.3, 0.4) is 0 Å². The average molecular weight is 506 g/mol. The molecular formula is C25H19N3O5S2. The third-order valence-corrected chi connectivity index (χ3v) is 8.01. The number of carbonyl (C=O) groups excluding carboxylic acids is 2. The van der Waals surface area contributed by atoms with E-state index in [1.807, 2.05) is 30.3 Å². The normalized spacial score (nSPS) is 15.6. The van der Waals surface area contributed by atoms with E-state index in [9.17, 15) is 18.0 Å². The van der Waals surface area contributed by atoms with Crippen LogP contribution in [0.2, 0.25) is 0 Å². The van der Waals surface area contributed by atoms with E-state index in [0.717, 1.165) is 5.56 Å². The molecule has 0 fully saturated rings. The second-order valence-electron chi connectivity index (χ2n) is 7.62. The fourth-order valence-electron chi connectivity index (χ4n) is 3.60. The van der Waals surface area contributed by atoms with Crippen molar-refractivity contribution < 1.29 is 22.4 Å². The summed E-state index contributed by atoms with van der Waals surface area (Å²) in [7, 11) is -4.09. The van der Waals surface area contributed by atoms with Crippen LogP contribution < -0.4 is 14.9 Å². The largest absolute Gasteiger partial charge is 0.459 e. The number of rotatable bonds is 6. The maximum atomic E-state index is 13.4. The van der Waals surface area contributed by atoms with Gasteiger partial charge >= 0.3 is 0 Å². The molecule has 10 heteroatoms. The molecule has 0 radical (unpaired) electrons. The fraction of sp³-hybridized carbons (Fsp3) is 0.0400. The Morgan fingerprint density at radius 1 is 0.971 bits per heavy atom. The Bertz CT molecular complexity index is 1510. The van der Waals surface area contributed by atoms with Gasteiger partial charge in [0.2, 0.25) is 5.78 Å². The summed E-state index contributed by atoms with van der Waals surface area (Å²) in [5.74, 6) is -0.748. The van der Waals surface area contributed by atoms with Crippen LogP contribution in [0.1, 0.15) is 25.8 Å². The first-order chi connectivity index (χ1) is 16.9. The zero-order valence-electron chi connectivity index (χ0n) is 18.2. The zero-order valence-corrected chi connectivity index (χ0v) is 19.8. The number of furan rings is 1. The summed E-state index contributed by atoms with van der Waals surface area (Å²) >= 11 is 1.21. The van der Waals surface area contributed by atoms with Gasteiger partial charge in [0.25, 0.3) is 15.9 Å². The van der Waals surface area contributed by atoms with E-state index in [2.05, 4.69) is 10.6 Å². The predicted octanol–water partition coefficient (Wildman–Crippen LogP) is 5.08. The molecule has 0 spiro atoms. The standard InChI is InChI=1S/C25H19N3O5S2/c29-23-22(15-26-18-8-10-19(11-9-18)27-25(30)21-7-4-13-33-21)35(31,32)28(20-12-14-34-24(20)23)16-17-5-2-1-3-6-17/h1-15,26H,16H2,(H,27,30)/b22-15-. The van der Waals surface area contributed by atoms with Crippen molar-refractivity contribution in [1.29, 1.82) is 0 Å². The highest BCUT2D eigenvalue weighted by Crippen LogP contribution is 2.39. The van der Waals surface area contributed by atoms with Crippen LogP contribution in [-0.4, -0.2) is 20.1 Å². The Balaban J connectivity index is 1.38. The first-order valence-electron chi connectivity index (χ1n) is 10.5. The molecule has 4 aromatic rings. The molecule has 0 aliphatic carbocycles. The molecule has 0 atom stereocenters. The molecule has 0 saturated carbocycles. The number of anilines is 3. The minimum atomic E-state index is -4.09. The lowest BCUT2D eigenvalue weighted by molar-refractivity contribution is 0.0995. The SMILES string of the molecule is O=C(Nc1ccc(N/C=C2/C(=O)c3sccc3N(Cc3ccccc3)S2(=O)=O)cc1)c1ccco1. The number of benzene rings is 2. The Morgan fingerprint density at radius 3 is 2.43 bits per heavy atom. The van der Waals surface area contributed by atoms with Crippen LogP contribution in [-0.2, 0) is 16.6 Å². The minimum absolute atomic E-state index is 0.113. The molecule has 1 aliphatic heterocycles. The van der Waals surface area contributed by atoms with Crippen LogP contribution in [0.25, 0.3) is 0 Å². The summed E-state index contributed by atoms with van der Waals surface area (Å²) in [4.78, 5) is 25.2. The quantitative estimate of drug-likeness (QED) is 0.354. The topological polar surface area (TPSA) is 109 Å². The number of sulfonamides is 1. The molecule has 5 rings (SSSR count). The van der Waals surface area contributed by atoms with Gasteiger partial charge < -0.3 is 15.1 Å². The number of hydrogen-bond acceptors (Lipinski definition) is 7. The number of nitrogens with zero attached hydrogens (tertiary/aromatic N) is 1. The highest BCUT2D eigenvalue weighted by atomic mass is 32.2. The zero-order chi connectivity index (χ0) is 24.4. The van der Waals surface area contributed by atoms with E-state index in [0.29, 0.717) is 21.9 Å². The van der Waals surface area contributed by atoms with Crippen molar-refractivity contribution in [2.45, 2.75) is 6.54 Å². The minimum Gasteiger partial charge on any atom is -0.459 e. The number of fused-ring (bicyclic) bond motifs is 1. The lowest BCUT2D eigenvalue weighted by atomic mass is 10.2. The van der Waals surface area contributed by atoms with E-state index in [1.54, 1.807) is 47.8 Å². The predicted molar refractivity (Wildman–Crippen MR) is 135 cm³/mol.